The van der Waals surface area contributed by atoms with Crippen LogP contribution in [-0.2, 0) is 25.7 Å². The summed E-state index contributed by atoms with van der Waals surface area (Å²) in [5.41, 5.74) is 0.855. The number of hydrogen-bond acceptors (Lipinski definition) is 5. The van der Waals surface area contributed by atoms with Gasteiger partial charge in [-0.2, -0.15) is 0 Å². The van der Waals surface area contributed by atoms with Crippen molar-refractivity contribution in [2.75, 3.05) is 6.61 Å². The van der Waals surface area contributed by atoms with Crippen molar-refractivity contribution < 1.29 is 23.9 Å². The normalized spacial score (nSPS) is 12.5. The van der Waals surface area contributed by atoms with Gasteiger partial charge in [0.25, 0.3) is 0 Å². The van der Waals surface area contributed by atoms with Crippen LogP contribution >= 0.6 is 0 Å². The van der Waals surface area contributed by atoms with Gasteiger partial charge in [0.05, 0.1) is 6.61 Å². The van der Waals surface area contributed by atoms with Crippen molar-refractivity contribution in [1.29, 1.82) is 0 Å². The number of carbonyl (C=O) groups excluding carboxylic acids is 3. The van der Waals surface area contributed by atoms with E-state index in [-0.39, 0.29) is 6.61 Å². The lowest BCUT2D eigenvalue weighted by Gasteiger charge is -2.21. The fourth-order valence-electron chi connectivity index (χ4n) is 2.66. The molecule has 1 rings (SSSR count). The van der Waals surface area contributed by atoms with E-state index in [1.807, 2.05) is 30.3 Å². The fraction of sp³-hybridized carbons (Fsp3) is 0.591. The monoisotopic (exact) mass is 406 g/mol. The zero-order chi connectivity index (χ0) is 21.5. The fourth-order valence-corrected chi connectivity index (χ4v) is 2.66. The molecule has 2 amide bonds. The zero-order valence-electron chi connectivity index (χ0n) is 17.7. The van der Waals surface area contributed by atoms with E-state index in [0.717, 1.165) is 31.2 Å². The molecule has 7 heteroatoms. The Kier molecular flexibility index (Phi) is 12.2. The first-order valence-corrected chi connectivity index (χ1v) is 10.5. The third kappa shape index (κ3) is 9.96. The highest BCUT2D eigenvalue weighted by atomic mass is 16.5. The lowest BCUT2D eigenvalue weighted by molar-refractivity contribution is -0.148. The number of nitrogens with one attached hydrogen (secondary N) is 2. The van der Waals surface area contributed by atoms with Gasteiger partial charge in [-0.3, -0.25) is 4.79 Å². The predicted molar refractivity (Wildman–Crippen MR) is 111 cm³/mol. The second kappa shape index (κ2) is 14.4. The quantitative estimate of drug-likeness (QED) is 0.385. The molecule has 0 heterocycles. The van der Waals surface area contributed by atoms with Crippen molar-refractivity contribution in [2.45, 2.75) is 78.0 Å². The first-order valence-electron chi connectivity index (χ1n) is 10.5. The van der Waals surface area contributed by atoms with Gasteiger partial charge in [-0.25, -0.2) is 9.59 Å². The molecular formula is C22H34N2O5. The molecule has 7 nitrogen and oxygen atoms in total. The van der Waals surface area contributed by atoms with Crippen molar-refractivity contribution in [2.24, 2.45) is 0 Å². The van der Waals surface area contributed by atoms with Crippen LogP contribution in [0.4, 0.5) is 4.79 Å². The van der Waals surface area contributed by atoms with E-state index in [1.54, 1.807) is 13.8 Å². The van der Waals surface area contributed by atoms with Crippen LogP contribution in [0.3, 0.4) is 0 Å². The highest BCUT2D eigenvalue weighted by Crippen LogP contribution is 2.04. The molecule has 0 aromatic heterocycles. The third-order valence-electron chi connectivity index (χ3n) is 4.48. The van der Waals surface area contributed by atoms with E-state index in [0.29, 0.717) is 19.4 Å². The Bertz CT molecular complexity index is 621. The van der Waals surface area contributed by atoms with Gasteiger partial charge in [-0.05, 0) is 24.8 Å². The van der Waals surface area contributed by atoms with E-state index < -0.39 is 30.1 Å². The van der Waals surface area contributed by atoms with Gasteiger partial charge < -0.3 is 20.1 Å². The van der Waals surface area contributed by atoms with Gasteiger partial charge >= 0.3 is 12.1 Å². The maximum atomic E-state index is 12.5. The van der Waals surface area contributed by atoms with Crippen LogP contribution in [0, 0.1) is 0 Å². The summed E-state index contributed by atoms with van der Waals surface area (Å²) in [7, 11) is 0. The molecule has 0 aliphatic heterocycles. The Labute approximate surface area is 173 Å². The number of hydrogen-bond donors (Lipinski definition) is 2. The van der Waals surface area contributed by atoms with Crippen molar-refractivity contribution in [3.63, 3.8) is 0 Å². The van der Waals surface area contributed by atoms with Gasteiger partial charge in [0.1, 0.15) is 18.7 Å². The molecule has 2 atom stereocenters. The summed E-state index contributed by atoms with van der Waals surface area (Å²) in [6.07, 6.45) is 4.15. The number of rotatable bonds is 13. The smallest absolute Gasteiger partial charge is 0.408 e. The SMILES string of the molecule is CCCCCCOC(=O)C(CC)NC(=O)C(CC)NC(=O)OCc1ccccc1. The molecule has 29 heavy (non-hydrogen) atoms. The number of carbonyl (C=O) groups is 3. The molecule has 0 fully saturated rings. The summed E-state index contributed by atoms with van der Waals surface area (Å²) in [6, 6.07) is 7.75. The van der Waals surface area contributed by atoms with E-state index >= 15 is 0 Å². The first-order chi connectivity index (χ1) is 14.0. The summed E-state index contributed by atoms with van der Waals surface area (Å²) >= 11 is 0. The average Bonchev–Trinajstić information content (AvgIpc) is 2.74. The molecule has 0 bridgehead atoms. The molecule has 1 aromatic carbocycles. The maximum absolute atomic E-state index is 12.5. The number of benzene rings is 1. The highest BCUT2D eigenvalue weighted by Gasteiger charge is 2.26. The van der Waals surface area contributed by atoms with Crippen LogP contribution in [0.2, 0.25) is 0 Å². The van der Waals surface area contributed by atoms with Gasteiger partial charge in [-0.15, -0.1) is 0 Å². The van der Waals surface area contributed by atoms with Gasteiger partial charge in [0, 0.05) is 0 Å². The van der Waals surface area contributed by atoms with Crippen molar-refractivity contribution in [3.05, 3.63) is 35.9 Å². The summed E-state index contributed by atoms with van der Waals surface area (Å²) < 4.78 is 10.4. The summed E-state index contributed by atoms with van der Waals surface area (Å²) in [6.45, 7) is 6.16. The highest BCUT2D eigenvalue weighted by molar-refractivity contribution is 5.89. The minimum atomic E-state index is -0.787. The summed E-state index contributed by atoms with van der Waals surface area (Å²) in [5, 5.41) is 5.21. The Balaban J connectivity index is 2.44. The second-order valence-corrected chi connectivity index (χ2v) is 6.86. The molecule has 0 saturated carbocycles. The number of ether oxygens (including phenoxy) is 2. The van der Waals surface area contributed by atoms with Crippen LogP contribution in [0.1, 0.15) is 64.9 Å². The molecule has 162 valence electrons. The Hall–Kier alpha value is -2.57. The van der Waals surface area contributed by atoms with Crippen LogP contribution < -0.4 is 10.6 Å². The molecule has 0 spiro atoms. The Morgan fingerprint density at radius 1 is 0.862 bits per heavy atom. The summed E-state index contributed by atoms with van der Waals surface area (Å²) in [5.74, 6) is -0.877. The van der Waals surface area contributed by atoms with E-state index in [1.165, 1.54) is 0 Å². The molecular weight excluding hydrogens is 372 g/mol. The maximum Gasteiger partial charge on any atom is 0.408 e. The topological polar surface area (TPSA) is 93.7 Å². The molecule has 1 aromatic rings. The first kappa shape index (κ1) is 24.5. The average molecular weight is 407 g/mol. The lowest BCUT2D eigenvalue weighted by atomic mass is 10.1. The molecule has 0 aliphatic carbocycles. The van der Waals surface area contributed by atoms with Crippen LogP contribution in [0.25, 0.3) is 0 Å². The van der Waals surface area contributed by atoms with Crippen LogP contribution in [0.15, 0.2) is 30.3 Å². The molecule has 2 unspecified atom stereocenters. The van der Waals surface area contributed by atoms with Gasteiger partial charge in [0.2, 0.25) is 5.91 Å². The predicted octanol–water partition coefficient (Wildman–Crippen LogP) is 3.71. The van der Waals surface area contributed by atoms with Crippen molar-refractivity contribution >= 4 is 18.0 Å². The minimum Gasteiger partial charge on any atom is -0.464 e. The van der Waals surface area contributed by atoms with Crippen molar-refractivity contribution in [3.8, 4) is 0 Å². The van der Waals surface area contributed by atoms with Gasteiger partial charge in [-0.1, -0.05) is 70.4 Å². The van der Waals surface area contributed by atoms with Crippen LogP contribution in [-0.4, -0.2) is 36.7 Å². The standard InChI is InChI=1S/C22H34N2O5/c1-4-7-8-12-15-28-21(26)19(6-3)23-20(25)18(5-2)24-22(27)29-16-17-13-10-9-11-14-17/h9-11,13-14,18-19H,4-8,12,15-16H2,1-3H3,(H,23,25)(H,24,27). The van der Waals surface area contributed by atoms with Crippen LogP contribution in [0.5, 0.6) is 0 Å². The number of unbranched alkanes of at least 4 members (excludes halogenated alkanes) is 3. The van der Waals surface area contributed by atoms with E-state index in [9.17, 15) is 14.4 Å². The second-order valence-electron chi connectivity index (χ2n) is 6.86. The minimum absolute atomic E-state index is 0.118. The number of amides is 2. The zero-order valence-corrected chi connectivity index (χ0v) is 17.7. The Morgan fingerprint density at radius 3 is 2.17 bits per heavy atom. The lowest BCUT2D eigenvalue weighted by Crippen LogP contribution is -2.51. The Morgan fingerprint density at radius 2 is 1.55 bits per heavy atom. The number of esters is 1. The third-order valence-corrected chi connectivity index (χ3v) is 4.48. The molecule has 0 aliphatic rings. The van der Waals surface area contributed by atoms with E-state index in [2.05, 4.69) is 17.6 Å². The molecule has 0 saturated heterocycles. The van der Waals surface area contributed by atoms with E-state index in [4.69, 9.17) is 9.47 Å². The van der Waals surface area contributed by atoms with Crippen molar-refractivity contribution in [1.82, 2.24) is 10.6 Å². The number of alkyl carbamates (subject to hydrolysis) is 1. The molecule has 0 radical (unpaired) electrons. The summed E-state index contributed by atoms with van der Waals surface area (Å²) in [4.78, 5) is 36.7. The largest absolute Gasteiger partial charge is 0.464 e. The molecule has 2 N–H and O–H groups in total. The van der Waals surface area contributed by atoms with Gasteiger partial charge in [0.15, 0.2) is 0 Å².